The number of likely N-dealkylation sites (tertiary alicyclic amines) is 1. The Kier molecular flexibility index (Phi) is 10.4. The maximum absolute atomic E-state index is 10.6. The van der Waals surface area contributed by atoms with Crippen molar-refractivity contribution in [1.82, 2.24) is 14.9 Å². The lowest BCUT2D eigenvalue weighted by Crippen LogP contribution is -2.42. The van der Waals surface area contributed by atoms with Gasteiger partial charge in [0, 0.05) is 37.1 Å². The van der Waals surface area contributed by atoms with Gasteiger partial charge in [0.25, 0.3) is 0 Å². The number of hydrogen-bond donors (Lipinski definition) is 2. The number of carboxylic acid groups (broad SMARTS) is 1. The average molecular weight is 540 g/mol. The molecule has 0 amide bonds. The molecule has 2 aliphatic rings. The molecular weight excluding hydrogens is 503 g/mol. The number of methoxy groups -OCH3 is 2. The Morgan fingerprint density at radius 2 is 1.82 bits per heavy atom. The number of carboxylic acids is 1. The summed E-state index contributed by atoms with van der Waals surface area (Å²) in [5, 5.41) is 11.9. The number of allylic oxidation sites excluding steroid dienone is 1. The highest BCUT2D eigenvalue weighted by atomic mass is 19.4. The van der Waals surface area contributed by atoms with Gasteiger partial charge < -0.3 is 29.7 Å². The third-order valence-electron chi connectivity index (χ3n) is 6.55. The summed E-state index contributed by atoms with van der Waals surface area (Å²) < 4.78 is 42.8. The second kappa shape index (κ2) is 13.5. The number of aliphatic carboxylic acids is 1. The van der Waals surface area contributed by atoms with Crippen molar-refractivity contribution in [2.24, 2.45) is 0 Å². The maximum Gasteiger partial charge on any atom is 0.490 e. The number of carbonyl (C=O) groups is 1. The zero-order chi connectivity index (χ0) is 27.7. The van der Waals surface area contributed by atoms with Crippen molar-refractivity contribution >= 4 is 28.6 Å². The number of fused-ring (bicyclic) bond motifs is 1. The number of hydrogen-bond acceptors (Lipinski definition) is 8. The summed E-state index contributed by atoms with van der Waals surface area (Å²) in [6, 6.07) is 4.33. The van der Waals surface area contributed by atoms with Gasteiger partial charge in [0.1, 0.15) is 5.82 Å². The molecule has 3 heterocycles. The second-order valence-corrected chi connectivity index (χ2v) is 9.31. The number of nitrogens with one attached hydrogen (secondary N) is 1. The highest BCUT2D eigenvalue weighted by molar-refractivity contribution is 5.93. The van der Waals surface area contributed by atoms with Gasteiger partial charge in [0.05, 0.1) is 19.7 Å². The van der Waals surface area contributed by atoms with E-state index in [1.165, 1.54) is 32.2 Å². The number of aromatic nitrogens is 2. The van der Waals surface area contributed by atoms with Crippen LogP contribution in [0.5, 0.6) is 11.5 Å². The molecule has 2 aromatic rings. The van der Waals surface area contributed by atoms with Gasteiger partial charge in [-0.2, -0.15) is 18.2 Å². The van der Waals surface area contributed by atoms with Crippen LogP contribution in [0.3, 0.4) is 0 Å². The highest BCUT2D eigenvalue weighted by Crippen LogP contribution is 2.36. The molecule has 0 saturated carbocycles. The van der Waals surface area contributed by atoms with E-state index in [9.17, 15) is 13.2 Å². The van der Waals surface area contributed by atoms with Crippen LogP contribution in [0, 0.1) is 0 Å². The monoisotopic (exact) mass is 539 g/mol. The van der Waals surface area contributed by atoms with Gasteiger partial charge >= 0.3 is 12.1 Å². The summed E-state index contributed by atoms with van der Waals surface area (Å²) in [5.41, 5.74) is 0.885. The summed E-state index contributed by atoms with van der Waals surface area (Å²) in [7, 11) is 3.33. The molecule has 0 radical (unpaired) electrons. The van der Waals surface area contributed by atoms with Gasteiger partial charge in [-0.15, -0.1) is 6.58 Å². The van der Waals surface area contributed by atoms with E-state index in [4.69, 9.17) is 29.3 Å². The number of anilines is 2. The molecule has 0 unspecified atom stereocenters. The molecule has 2 fully saturated rings. The summed E-state index contributed by atoms with van der Waals surface area (Å²) in [5.74, 6) is 0.333. The van der Waals surface area contributed by atoms with Crippen LogP contribution in [0.1, 0.15) is 38.5 Å². The maximum atomic E-state index is 10.6. The Hall–Kier alpha value is -3.28. The average Bonchev–Trinajstić information content (AvgIpc) is 3.43. The smallest absolute Gasteiger partial charge is 0.490 e. The molecule has 4 rings (SSSR count). The Morgan fingerprint density at radius 1 is 1.16 bits per heavy atom. The van der Waals surface area contributed by atoms with Crippen LogP contribution in [-0.2, 0) is 4.79 Å². The van der Waals surface area contributed by atoms with Crippen LogP contribution >= 0.6 is 0 Å². The molecule has 0 spiro atoms. The number of nitrogens with zero attached hydrogens (tertiary/aromatic N) is 4. The van der Waals surface area contributed by atoms with E-state index >= 15 is 0 Å². The number of ether oxygens (including phenoxy) is 2. The molecule has 2 N–H and O–H groups in total. The minimum absolute atomic E-state index is 0.370. The molecule has 38 heavy (non-hydrogen) atoms. The van der Waals surface area contributed by atoms with E-state index in [1.807, 2.05) is 18.2 Å². The second-order valence-electron chi connectivity index (χ2n) is 9.31. The van der Waals surface area contributed by atoms with Gasteiger partial charge in [-0.3, -0.25) is 0 Å². The first-order chi connectivity index (χ1) is 18.2. The van der Waals surface area contributed by atoms with Crippen molar-refractivity contribution in [1.29, 1.82) is 0 Å². The summed E-state index contributed by atoms with van der Waals surface area (Å²) in [6.45, 7) is 9.20. The third-order valence-corrected chi connectivity index (χ3v) is 6.55. The topological polar surface area (TPSA) is 100 Å². The van der Waals surface area contributed by atoms with E-state index in [2.05, 4.69) is 21.7 Å². The molecule has 1 atom stereocenters. The van der Waals surface area contributed by atoms with Crippen LogP contribution in [0.4, 0.5) is 24.9 Å². The number of rotatable bonds is 9. The lowest BCUT2D eigenvalue weighted by molar-refractivity contribution is -0.192. The van der Waals surface area contributed by atoms with Gasteiger partial charge in [0.15, 0.2) is 11.5 Å². The number of alkyl halides is 3. The third kappa shape index (κ3) is 7.86. The van der Waals surface area contributed by atoms with Crippen molar-refractivity contribution < 1.29 is 32.5 Å². The fourth-order valence-corrected chi connectivity index (χ4v) is 4.64. The standard InChI is InChI=1S/C24H35N5O2.C2HF3O2/c1-4-5-6-11-28-12-9-10-18(17-28)25-23-19-15-21(30-2)22(31-3)16-20(19)26-24(27-23)29-13-7-8-14-29;3-2(4,5)1(6)7/h4,15-16,18H,1,5-14,17H2,2-3H3,(H,25,26,27);(H,6,7)/t18-;/m0./s1. The predicted molar refractivity (Wildman–Crippen MR) is 140 cm³/mol. The van der Waals surface area contributed by atoms with Gasteiger partial charge in [-0.05, 0) is 57.7 Å². The molecular formula is C26H36F3N5O4. The van der Waals surface area contributed by atoms with Crippen molar-refractivity contribution in [3.8, 4) is 11.5 Å². The van der Waals surface area contributed by atoms with Crippen LogP contribution in [0.2, 0.25) is 0 Å². The van der Waals surface area contributed by atoms with E-state index in [0.29, 0.717) is 17.5 Å². The fourth-order valence-electron chi connectivity index (χ4n) is 4.64. The molecule has 2 aliphatic heterocycles. The summed E-state index contributed by atoms with van der Waals surface area (Å²) >= 11 is 0. The zero-order valence-electron chi connectivity index (χ0n) is 21.9. The molecule has 1 aromatic carbocycles. The fraction of sp³-hybridized carbons (Fsp3) is 0.577. The molecule has 9 nitrogen and oxygen atoms in total. The number of piperidine rings is 1. The van der Waals surface area contributed by atoms with Gasteiger partial charge in [-0.25, -0.2) is 9.78 Å². The van der Waals surface area contributed by atoms with Gasteiger partial charge in [0.2, 0.25) is 5.95 Å². The van der Waals surface area contributed by atoms with Crippen LogP contribution in [0.25, 0.3) is 10.9 Å². The number of halogens is 3. The molecule has 12 heteroatoms. The van der Waals surface area contributed by atoms with Crippen LogP contribution in [0.15, 0.2) is 24.8 Å². The Balaban J connectivity index is 0.000000505. The van der Waals surface area contributed by atoms with E-state index < -0.39 is 12.1 Å². The van der Waals surface area contributed by atoms with Crippen molar-refractivity contribution in [3.05, 3.63) is 24.8 Å². The quantitative estimate of drug-likeness (QED) is 0.346. The van der Waals surface area contributed by atoms with Crippen molar-refractivity contribution in [2.45, 2.75) is 50.7 Å². The Morgan fingerprint density at radius 3 is 2.42 bits per heavy atom. The van der Waals surface area contributed by atoms with Gasteiger partial charge in [-0.1, -0.05) is 6.08 Å². The molecule has 210 valence electrons. The minimum Gasteiger partial charge on any atom is -0.493 e. The van der Waals surface area contributed by atoms with Crippen LogP contribution in [-0.4, -0.2) is 85.1 Å². The van der Waals surface area contributed by atoms with Crippen LogP contribution < -0.4 is 19.7 Å². The van der Waals surface area contributed by atoms with Crippen molar-refractivity contribution in [3.63, 3.8) is 0 Å². The van der Waals surface area contributed by atoms with E-state index in [1.54, 1.807) is 14.2 Å². The Labute approximate surface area is 220 Å². The lowest BCUT2D eigenvalue weighted by Gasteiger charge is -2.33. The number of unbranched alkanes of at least 4 members (excludes halogenated alkanes) is 1. The first-order valence-corrected chi connectivity index (χ1v) is 12.7. The SMILES string of the molecule is C=CCCCN1CCC[C@H](Nc2nc(N3CCCC3)nc3cc(OC)c(OC)cc23)C1.O=C(O)C(F)(F)F. The highest BCUT2D eigenvalue weighted by Gasteiger charge is 2.38. The first kappa shape index (κ1) is 29.3. The van der Waals surface area contributed by atoms with E-state index in [0.717, 1.165) is 61.7 Å². The molecule has 2 saturated heterocycles. The predicted octanol–water partition coefficient (Wildman–Crippen LogP) is 4.72. The molecule has 0 bridgehead atoms. The van der Waals surface area contributed by atoms with E-state index in [-0.39, 0.29) is 0 Å². The first-order valence-electron chi connectivity index (χ1n) is 12.7. The summed E-state index contributed by atoms with van der Waals surface area (Å²) in [6.07, 6.45) is 3.90. The summed E-state index contributed by atoms with van der Waals surface area (Å²) in [4.78, 5) is 23.6. The number of benzene rings is 1. The Bertz CT molecular complexity index is 1090. The molecule has 1 aromatic heterocycles. The normalized spacial score (nSPS) is 18.0. The zero-order valence-corrected chi connectivity index (χ0v) is 21.9. The molecule has 0 aliphatic carbocycles. The minimum atomic E-state index is -5.08. The largest absolute Gasteiger partial charge is 0.493 e. The van der Waals surface area contributed by atoms with Crippen molar-refractivity contribution in [2.75, 3.05) is 57.2 Å². The lowest BCUT2D eigenvalue weighted by atomic mass is 10.0.